The zero-order chi connectivity index (χ0) is 19.1. The summed E-state index contributed by atoms with van der Waals surface area (Å²) < 4.78 is 0. The van der Waals surface area contributed by atoms with Gasteiger partial charge in [-0.05, 0) is 54.5 Å². The van der Waals surface area contributed by atoms with Gasteiger partial charge in [0.1, 0.15) is 5.82 Å². The Morgan fingerprint density at radius 3 is 2.74 bits per heavy atom. The lowest BCUT2D eigenvalue weighted by molar-refractivity contribution is 0.642. The Balaban J connectivity index is 1.65. The van der Waals surface area contributed by atoms with Gasteiger partial charge < -0.3 is 5.32 Å². The molecular formula is C24H29N3. The molecule has 0 aliphatic rings. The Morgan fingerprint density at radius 2 is 1.93 bits per heavy atom. The minimum absolute atomic E-state index is 0.371. The van der Waals surface area contributed by atoms with E-state index in [1.54, 1.807) is 0 Å². The molecule has 1 aromatic carbocycles. The fourth-order valence-electron chi connectivity index (χ4n) is 3.24. The standard InChI is InChI=1S/C24H29N3/c1-4-22(27-24-21(15-18(2)3)11-8-14-25-24)12-7-9-19-16-20-10-5-6-13-23(20)26-17-19/h5-11,13-14,16-18,22H,4,12,15H2,1-3H3,(H,25,27)/b9-7-. The minimum atomic E-state index is 0.371. The molecule has 27 heavy (non-hydrogen) atoms. The fourth-order valence-corrected chi connectivity index (χ4v) is 3.24. The Bertz CT molecular complexity index is 899. The highest BCUT2D eigenvalue weighted by atomic mass is 15.0. The number of rotatable bonds is 8. The zero-order valence-electron chi connectivity index (χ0n) is 16.5. The fraction of sp³-hybridized carbons (Fsp3) is 0.333. The molecule has 140 valence electrons. The summed E-state index contributed by atoms with van der Waals surface area (Å²) in [7, 11) is 0. The van der Waals surface area contributed by atoms with Crippen molar-refractivity contribution < 1.29 is 0 Å². The third-order valence-electron chi connectivity index (χ3n) is 4.70. The van der Waals surface area contributed by atoms with Crippen LogP contribution in [0.2, 0.25) is 0 Å². The van der Waals surface area contributed by atoms with Crippen LogP contribution in [0, 0.1) is 5.92 Å². The highest BCUT2D eigenvalue weighted by Crippen LogP contribution is 2.19. The predicted molar refractivity (Wildman–Crippen MR) is 116 cm³/mol. The van der Waals surface area contributed by atoms with Crippen molar-refractivity contribution in [2.24, 2.45) is 5.92 Å². The molecular weight excluding hydrogens is 330 g/mol. The van der Waals surface area contributed by atoms with Crippen LogP contribution >= 0.6 is 0 Å². The quantitative estimate of drug-likeness (QED) is 0.526. The molecule has 3 nitrogen and oxygen atoms in total. The van der Waals surface area contributed by atoms with Gasteiger partial charge in [-0.3, -0.25) is 4.98 Å². The van der Waals surface area contributed by atoms with Crippen LogP contribution in [-0.2, 0) is 6.42 Å². The first-order valence-corrected chi connectivity index (χ1v) is 9.87. The maximum atomic E-state index is 4.57. The van der Waals surface area contributed by atoms with Crippen LogP contribution in [0.5, 0.6) is 0 Å². The van der Waals surface area contributed by atoms with Crippen molar-refractivity contribution in [3.05, 3.63) is 72.1 Å². The molecule has 2 heterocycles. The third kappa shape index (κ3) is 5.40. The van der Waals surface area contributed by atoms with Crippen molar-refractivity contribution in [1.29, 1.82) is 0 Å². The highest BCUT2D eigenvalue weighted by molar-refractivity contribution is 5.80. The van der Waals surface area contributed by atoms with Crippen molar-refractivity contribution in [3.63, 3.8) is 0 Å². The molecule has 1 unspecified atom stereocenters. The van der Waals surface area contributed by atoms with E-state index in [2.05, 4.69) is 72.5 Å². The summed E-state index contributed by atoms with van der Waals surface area (Å²) in [6.45, 7) is 6.71. The third-order valence-corrected chi connectivity index (χ3v) is 4.70. The average molecular weight is 360 g/mol. The van der Waals surface area contributed by atoms with Crippen LogP contribution in [0.25, 0.3) is 17.0 Å². The molecule has 0 spiro atoms. The van der Waals surface area contributed by atoms with Crippen LogP contribution < -0.4 is 5.32 Å². The van der Waals surface area contributed by atoms with Crippen molar-refractivity contribution in [1.82, 2.24) is 9.97 Å². The SMILES string of the molecule is CCC(C/C=C\c1cnc2ccccc2c1)Nc1ncccc1CC(C)C. The molecule has 0 saturated carbocycles. The van der Waals surface area contributed by atoms with E-state index in [0.717, 1.165) is 36.2 Å². The maximum Gasteiger partial charge on any atom is 0.129 e. The van der Waals surface area contributed by atoms with Gasteiger partial charge >= 0.3 is 0 Å². The molecule has 3 heteroatoms. The summed E-state index contributed by atoms with van der Waals surface area (Å²) in [5, 5.41) is 4.82. The van der Waals surface area contributed by atoms with Gasteiger partial charge in [-0.2, -0.15) is 0 Å². The molecule has 0 radical (unpaired) electrons. The molecule has 2 aromatic heterocycles. The van der Waals surface area contributed by atoms with Crippen LogP contribution in [-0.4, -0.2) is 16.0 Å². The van der Waals surface area contributed by atoms with Gasteiger partial charge in [0, 0.05) is 23.8 Å². The molecule has 0 bridgehead atoms. The van der Waals surface area contributed by atoms with E-state index in [0.29, 0.717) is 12.0 Å². The molecule has 0 aliphatic carbocycles. The Labute approximate surface area is 162 Å². The first-order valence-electron chi connectivity index (χ1n) is 9.87. The number of anilines is 1. The van der Waals surface area contributed by atoms with Gasteiger partial charge in [0.05, 0.1) is 5.52 Å². The zero-order valence-corrected chi connectivity index (χ0v) is 16.5. The summed E-state index contributed by atoms with van der Waals surface area (Å²) in [6.07, 6.45) is 11.3. The summed E-state index contributed by atoms with van der Waals surface area (Å²) in [5.41, 5.74) is 3.48. The van der Waals surface area contributed by atoms with E-state index in [1.807, 2.05) is 30.6 Å². The van der Waals surface area contributed by atoms with Crippen molar-refractivity contribution >= 4 is 22.8 Å². The van der Waals surface area contributed by atoms with Gasteiger partial charge in [0.2, 0.25) is 0 Å². The normalized spacial score (nSPS) is 12.7. The van der Waals surface area contributed by atoms with E-state index in [-0.39, 0.29) is 0 Å². The first kappa shape index (κ1) is 19.1. The van der Waals surface area contributed by atoms with Crippen LogP contribution in [0.3, 0.4) is 0 Å². The smallest absolute Gasteiger partial charge is 0.129 e. The highest BCUT2D eigenvalue weighted by Gasteiger charge is 2.10. The summed E-state index contributed by atoms with van der Waals surface area (Å²) in [4.78, 5) is 9.10. The Hall–Kier alpha value is -2.68. The number of nitrogens with one attached hydrogen (secondary N) is 1. The summed E-state index contributed by atoms with van der Waals surface area (Å²) in [6, 6.07) is 15.0. The molecule has 0 aliphatic heterocycles. The average Bonchev–Trinajstić information content (AvgIpc) is 2.68. The Morgan fingerprint density at radius 1 is 1.07 bits per heavy atom. The van der Waals surface area contributed by atoms with E-state index in [4.69, 9.17) is 0 Å². The van der Waals surface area contributed by atoms with Gasteiger partial charge in [0.25, 0.3) is 0 Å². The number of aromatic nitrogens is 2. The van der Waals surface area contributed by atoms with Gasteiger partial charge in [-0.1, -0.05) is 57.2 Å². The minimum Gasteiger partial charge on any atom is -0.367 e. The molecule has 1 N–H and O–H groups in total. The van der Waals surface area contributed by atoms with Crippen molar-refractivity contribution in [3.8, 4) is 0 Å². The maximum absolute atomic E-state index is 4.57. The second kappa shape index (κ2) is 9.31. The van der Waals surface area contributed by atoms with E-state index >= 15 is 0 Å². The number of para-hydroxylation sites is 1. The number of pyridine rings is 2. The van der Waals surface area contributed by atoms with Gasteiger partial charge in [0.15, 0.2) is 0 Å². The summed E-state index contributed by atoms with van der Waals surface area (Å²) >= 11 is 0. The monoisotopic (exact) mass is 359 g/mol. The largest absolute Gasteiger partial charge is 0.367 e. The van der Waals surface area contributed by atoms with E-state index in [1.165, 1.54) is 10.9 Å². The van der Waals surface area contributed by atoms with Gasteiger partial charge in [-0.25, -0.2) is 4.98 Å². The van der Waals surface area contributed by atoms with Crippen molar-refractivity contribution in [2.45, 2.75) is 46.1 Å². The lowest BCUT2D eigenvalue weighted by atomic mass is 10.0. The second-order valence-electron chi connectivity index (χ2n) is 7.46. The number of hydrogen-bond donors (Lipinski definition) is 1. The molecule has 3 rings (SSSR count). The number of benzene rings is 1. The van der Waals surface area contributed by atoms with Crippen molar-refractivity contribution in [2.75, 3.05) is 5.32 Å². The molecule has 1 atom stereocenters. The van der Waals surface area contributed by atoms with Crippen LogP contribution in [0.1, 0.15) is 44.7 Å². The topological polar surface area (TPSA) is 37.8 Å². The number of nitrogens with zero attached hydrogens (tertiary/aromatic N) is 2. The first-order chi connectivity index (χ1) is 13.2. The predicted octanol–water partition coefficient (Wildman–Crippen LogP) is 6.12. The molecule has 0 fully saturated rings. The number of hydrogen-bond acceptors (Lipinski definition) is 3. The van der Waals surface area contributed by atoms with Gasteiger partial charge in [-0.15, -0.1) is 0 Å². The van der Waals surface area contributed by atoms with Crippen LogP contribution in [0.4, 0.5) is 5.82 Å². The Kier molecular flexibility index (Phi) is 6.59. The van der Waals surface area contributed by atoms with E-state index in [9.17, 15) is 0 Å². The second-order valence-corrected chi connectivity index (χ2v) is 7.46. The number of fused-ring (bicyclic) bond motifs is 1. The molecule has 0 amide bonds. The lowest BCUT2D eigenvalue weighted by Crippen LogP contribution is -2.19. The lowest BCUT2D eigenvalue weighted by Gasteiger charge is -2.19. The molecule has 3 aromatic rings. The molecule has 0 saturated heterocycles. The van der Waals surface area contributed by atoms with E-state index < -0.39 is 0 Å². The summed E-state index contributed by atoms with van der Waals surface area (Å²) in [5.74, 6) is 1.65. The van der Waals surface area contributed by atoms with Crippen LogP contribution in [0.15, 0.2) is 60.9 Å².